The molecule has 140 valence electrons. The highest BCUT2D eigenvalue weighted by atomic mass is 32.1. The van der Waals surface area contributed by atoms with Crippen molar-refractivity contribution in [2.24, 2.45) is 5.92 Å². The fourth-order valence-corrected chi connectivity index (χ4v) is 3.73. The topological polar surface area (TPSA) is 68.7 Å². The maximum Gasteiger partial charge on any atom is 0.341 e. The van der Waals surface area contributed by atoms with Crippen molar-refractivity contribution in [1.29, 1.82) is 0 Å². The number of carboxylic acid groups (broad SMARTS) is 1. The number of rotatable bonds is 7. The van der Waals surface area contributed by atoms with Crippen LogP contribution >= 0.6 is 11.3 Å². The van der Waals surface area contributed by atoms with Gasteiger partial charge in [0, 0.05) is 24.2 Å². The van der Waals surface area contributed by atoms with Gasteiger partial charge in [0.25, 0.3) is 0 Å². The molecule has 1 aliphatic rings. The van der Waals surface area contributed by atoms with E-state index in [2.05, 4.69) is 4.98 Å². The molecule has 1 aromatic heterocycles. The highest BCUT2D eigenvalue weighted by Gasteiger charge is 2.20. The molecule has 0 spiro atoms. The van der Waals surface area contributed by atoms with Crippen LogP contribution in [-0.4, -0.2) is 35.9 Å². The Morgan fingerprint density at radius 1 is 1.35 bits per heavy atom. The number of aryl methyl sites for hydroxylation is 1. The third-order valence-corrected chi connectivity index (χ3v) is 5.23. The molecule has 0 radical (unpaired) electrons. The first-order chi connectivity index (χ1) is 12.5. The molecule has 2 aromatic rings. The Hall–Kier alpha value is -2.06. The molecule has 1 aliphatic heterocycles. The number of carbonyl (C=O) groups is 1. The Balaban J connectivity index is 1.75. The van der Waals surface area contributed by atoms with Gasteiger partial charge in [0.15, 0.2) is 18.2 Å². The van der Waals surface area contributed by atoms with Gasteiger partial charge in [-0.2, -0.15) is 4.39 Å². The van der Waals surface area contributed by atoms with Crippen LogP contribution in [0.15, 0.2) is 17.5 Å². The van der Waals surface area contributed by atoms with Gasteiger partial charge in [-0.15, -0.1) is 11.3 Å². The predicted molar refractivity (Wildman–Crippen MR) is 92.5 cm³/mol. The molecule has 3 rings (SSSR count). The number of aromatic nitrogens is 1. The quantitative estimate of drug-likeness (QED) is 0.785. The summed E-state index contributed by atoms with van der Waals surface area (Å²) in [5, 5.41) is 11.4. The van der Waals surface area contributed by atoms with E-state index in [1.54, 1.807) is 5.38 Å². The van der Waals surface area contributed by atoms with Crippen LogP contribution in [0.2, 0.25) is 0 Å². The number of nitrogens with zero attached hydrogens (tertiary/aromatic N) is 1. The second-order valence-corrected chi connectivity index (χ2v) is 7.08. The minimum atomic E-state index is -1.27. The van der Waals surface area contributed by atoms with Gasteiger partial charge >= 0.3 is 5.97 Å². The molecule has 8 heteroatoms. The number of aliphatic carboxylic acids is 1. The summed E-state index contributed by atoms with van der Waals surface area (Å²) < 4.78 is 37.9. The van der Waals surface area contributed by atoms with Crippen molar-refractivity contribution in [3.63, 3.8) is 0 Å². The van der Waals surface area contributed by atoms with Crippen LogP contribution in [0.25, 0.3) is 11.3 Å². The van der Waals surface area contributed by atoms with Gasteiger partial charge in [-0.25, -0.2) is 14.2 Å². The number of carboxylic acids is 1. The lowest BCUT2D eigenvalue weighted by Gasteiger charge is -2.21. The lowest BCUT2D eigenvalue weighted by Crippen LogP contribution is -2.16. The van der Waals surface area contributed by atoms with Gasteiger partial charge in [-0.05, 0) is 43.7 Å². The molecule has 0 atom stereocenters. The van der Waals surface area contributed by atoms with E-state index >= 15 is 0 Å². The first-order valence-corrected chi connectivity index (χ1v) is 9.27. The van der Waals surface area contributed by atoms with E-state index < -0.39 is 30.0 Å². The minimum absolute atomic E-state index is 0.249. The number of hydrogen-bond acceptors (Lipinski definition) is 5. The average molecular weight is 383 g/mol. The molecule has 1 saturated heterocycles. The van der Waals surface area contributed by atoms with Gasteiger partial charge in [0.05, 0.1) is 10.7 Å². The summed E-state index contributed by atoms with van der Waals surface area (Å²) in [4.78, 5) is 15.2. The second kappa shape index (κ2) is 8.55. The smallest absolute Gasteiger partial charge is 0.341 e. The fourth-order valence-electron chi connectivity index (χ4n) is 2.92. The van der Waals surface area contributed by atoms with Crippen LogP contribution in [0, 0.1) is 17.6 Å². The Labute approximate surface area is 153 Å². The van der Waals surface area contributed by atoms with Crippen LogP contribution in [0.1, 0.15) is 24.3 Å². The molecule has 0 amide bonds. The molecular weight excluding hydrogens is 364 g/mol. The molecule has 26 heavy (non-hydrogen) atoms. The highest BCUT2D eigenvalue weighted by Crippen LogP contribution is 2.35. The predicted octanol–water partition coefficient (Wildman–Crippen LogP) is 3.91. The van der Waals surface area contributed by atoms with Gasteiger partial charge in [0.2, 0.25) is 5.82 Å². The summed E-state index contributed by atoms with van der Waals surface area (Å²) in [6.45, 7) is 0.841. The number of ether oxygens (including phenoxy) is 2. The zero-order valence-electron chi connectivity index (χ0n) is 14.0. The van der Waals surface area contributed by atoms with Crippen LogP contribution < -0.4 is 4.74 Å². The lowest BCUT2D eigenvalue weighted by molar-refractivity contribution is -0.139. The number of hydrogen-bond donors (Lipinski definition) is 1. The zero-order chi connectivity index (χ0) is 18.5. The van der Waals surface area contributed by atoms with Crippen molar-refractivity contribution >= 4 is 17.3 Å². The molecule has 5 nitrogen and oxygen atoms in total. The van der Waals surface area contributed by atoms with Crippen molar-refractivity contribution < 1.29 is 28.2 Å². The number of thiazole rings is 1. The normalized spacial score (nSPS) is 15.2. The van der Waals surface area contributed by atoms with E-state index in [1.165, 1.54) is 17.4 Å². The maximum atomic E-state index is 14.1. The molecule has 0 aliphatic carbocycles. The Morgan fingerprint density at radius 3 is 2.85 bits per heavy atom. The van der Waals surface area contributed by atoms with Crippen molar-refractivity contribution in [2.75, 3.05) is 19.8 Å². The molecule has 1 aromatic carbocycles. The third kappa shape index (κ3) is 4.56. The van der Waals surface area contributed by atoms with Crippen LogP contribution in [0.4, 0.5) is 8.78 Å². The maximum absolute atomic E-state index is 14.1. The van der Waals surface area contributed by atoms with Gasteiger partial charge < -0.3 is 14.6 Å². The van der Waals surface area contributed by atoms with E-state index in [4.69, 9.17) is 14.6 Å². The molecule has 1 N–H and O–H groups in total. The summed E-state index contributed by atoms with van der Waals surface area (Å²) in [6, 6.07) is 2.34. The van der Waals surface area contributed by atoms with Crippen LogP contribution in [0.3, 0.4) is 0 Å². The first-order valence-electron chi connectivity index (χ1n) is 8.39. The van der Waals surface area contributed by atoms with Crippen molar-refractivity contribution in [3.05, 3.63) is 34.2 Å². The van der Waals surface area contributed by atoms with Gasteiger partial charge in [-0.3, -0.25) is 0 Å². The summed E-state index contributed by atoms with van der Waals surface area (Å²) in [5.41, 5.74) is 0.704. The Morgan fingerprint density at radius 2 is 2.12 bits per heavy atom. The van der Waals surface area contributed by atoms with Crippen LogP contribution in [0.5, 0.6) is 5.75 Å². The zero-order valence-corrected chi connectivity index (χ0v) is 14.9. The molecule has 0 bridgehead atoms. The summed E-state index contributed by atoms with van der Waals surface area (Å²) >= 11 is 1.45. The molecule has 2 heterocycles. The van der Waals surface area contributed by atoms with E-state index in [0.29, 0.717) is 11.6 Å². The minimum Gasteiger partial charge on any atom is -0.479 e. The Kier molecular flexibility index (Phi) is 6.16. The van der Waals surface area contributed by atoms with Gasteiger partial charge in [0.1, 0.15) is 0 Å². The SMILES string of the molecule is O=C(O)COc1c(-c2csc(CCC3CCOCC3)n2)ccc(F)c1F. The monoisotopic (exact) mass is 383 g/mol. The number of benzene rings is 1. The molecular formula is C18H19F2NO4S. The van der Waals surface area contributed by atoms with Crippen molar-refractivity contribution in [3.8, 4) is 17.0 Å². The first kappa shape index (κ1) is 18.7. The van der Waals surface area contributed by atoms with Crippen LogP contribution in [-0.2, 0) is 16.0 Å². The fraction of sp³-hybridized carbons (Fsp3) is 0.444. The van der Waals surface area contributed by atoms with E-state index in [9.17, 15) is 13.6 Å². The van der Waals surface area contributed by atoms with Crippen molar-refractivity contribution in [1.82, 2.24) is 4.98 Å². The van der Waals surface area contributed by atoms with E-state index in [-0.39, 0.29) is 5.56 Å². The summed E-state index contributed by atoms with van der Waals surface area (Å²) in [5.74, 6) is -3.37. The van der Waals surface area contributed by atoms with E-state index in [1.807, 2.05) is 0 Å². The molecule has 0 unspecified atom stereocenters. The Bertz CT molecular complexity index is 775. The standard InChI is InChI=1S/C18H19F2NO4S/c19-13-3-2-12(18(17(13)20)25-9-16(22)23)14-10-26-15(21-14)4-1-11-5-7-24-8-6-11/h2-3,10-11H,1,4-9H2,(H,22,23). The average Bonchev–Trinajstić information content (AvgIpc) is 3.10. The third-order valence-electron chi connectivity index (χ3n) is 4.32. The lowest BCUT2D eigenvalue weighted by atomic mass is 9.95. The molecule has 1 fully saturated rings. The summed E-state index contributed by atoms with van der Waals surface area (Å²) in [7, 11) is 0. The van der Waals surface area contributed by atoms with Gasteiger partial charge in [-0.1, -0.05) is 0 Å². The van der Waals surface area contributed by atoms with Crippen molar-refractivity contribution in [2.45, 2.75) is 25.7 Å². The second-order valence-electron chi connectivity index (χ2n) is 6.14. The molecule has 0 saturated carbocycles. The largest absolute Gasteiger partial charge is 0.479 e. The summed E-state index contributed by atoms with van der Waals surface area (Å²) in [6.07, 6.45) is 3.92. The highest BCUT2D eigenvalue weighted by molar-refractivity contribution is 7.09. The van der Waals surface area contributed by atoms with E-state index in [0.717, 1.165) is 50.0 Å². The number of halogens is 2.